The van der Waals surface area contributed by atoms with Gasteiger partial charge < -0.3 is 14.7 Å². The molecule has 1 aliphatic heterocycles. The molecule has 1 aliphatic rings. The van der Waals surface area contributed by atoms with Crippen LogP contribution in [0.25, 0.3) is 5.57 Å². The summed E-state index contributed by atoms with van der Waals surface area (Å²) >= 11 is 0.823. The number of alkyl halides is 3. The van der Waals surface area contributed by atoms with Gasteiger partial charge in [0.1, 0.15) is 5.75 Å². The Morgan fingerprint density at radius 2 is 1.92 bits per heavy atom. The predicted molar refractivity (Wildman–Crippen MR) is 137 cm³/mol. The molecule has 0 bridgehead atoms. The van der Waals surface area contributed by atoms with E-state index in [2.05, 4.69) is 15.1 Å². The molecule has 0 saturated carbocycles. The monoisotopic (exact) mass is 532 g/mol. The van der Waals surface area contributed by atoms with Crippen LogP contribution in [0.5, 0.6) is 11.6 Å². The molecule has 1 aromatic heterocycles. The summed E-state index contributed by atoms with van der Waals surface area (Å²) < 4.78 is 48.3. The fraction of sp³-hybridized carbons (Fsp3) is 0.346. The molecular weight excluding hydrogens is 505 g/mol. The van der Waals surface area contributed by atoms with Gasteiger partial charge in [-0.3, -0.25) is 9.36 Å². The minimum atomic E-state index is -4.62. The number of thiazole rings is 1. The number of rotatable bonds is 9. The molecule has 0 spiro atoms. The minimum Gasteiger partial charge on any atom is -0.497 e. The maximum absolute atomic E-state index is 14.0. The van der Waals surface area contributed by atoms with E-state index in [1.165, 1.54) is 23.8 Å². The molecule has 0 amide bonds. The Morgan fingerprint density at radius 1 is 1.16 bits per heavy atom. The van der Waals surface area contributed by atoms with Gasteiger partial charge in [-0.05, 0) is 53.7 Å². The highest BCUT2D eigenvalue weighted by atomic mass is 32.1. The Labute approximate surface area is 215 Å². The Morgan fingerprint density at radius 3 is 2.59 bits per heavy atom. The summed E-state index contributed by atoms with van der Waals surface area (Å²) in [6.45, 7) is 6.42. The van der Waals surface area contributed by atoms with Gasteiger partial charge in [0.05, 0.1) is 29.1 Å². The highest BCUT2D eigenvalue weighted by Crippen LogP contribution is 2.37. The van der Waals surface area contributed by atoms with E-state index in [1.807, 2.05) is 13.8 Å². The summed E-state index contributed by atoms with van der Waals surface area (Å²) in [6.07, 6.45) is -3.23. The maximum atomic E-state index is 14.0. The highest BCUT2D eigenvalue weighted by Gasteiger charge is 2.34. The molecule has 1 N–H and O–H groups in total. The standard InChI is InChI=1S/C26H27F3N4O3S/c1-4-32(5-2)10-11-33-24(34)23(37-25(33)35)20(16-7-9-22-18(12-16)15-30-31-22)13-17-6-8-19(36-3)14-21(17)26(27,28)29/h6-9,12,14-15,34H,4-5,10-11,13H2,1-3H3. The van der Waals surface area contributed by atoms with Crippen LogP contribution >= 0.6 is 11.3 Å². The van der Waals surface area contributed by atoms with Crippen molar-refractivity contribution in [3.8, 4) is 11.6 Å². The summed E-state index contributed by atoms with van der Waals surface area (Å²) in [4.78, 5) is 14.9. The van der Waals surface area contributed by atoms with E-state index in [-0.39, 0.29) is 39.9 Å². The molecule has 7 nitrogen and oxygen atoms in total. The number of methoxy groups -OCH3 is 1. The third-order valence-electron chi connectivity index (χ3n) is 6.40. The second-order valence-corrected chi connectivity index (χ2v) is 9.46. The fourth-order valence-electron chi connectivity index (χ4n) is 4.27. The van der Waals surface area contributed by atoms with Crippen LogP contribution in [0.1, 0.15) is 35.4 Å². The van der Waals surface area contributed by atoms with E-state index in [4.69, 9.17) is 4.74 Å². The van der Waals surface area contributed by atoms with E-state index in [9.17, 15) is 23.1 Å². The van der Waals surface area contributed by atoms with Crippen molar-refractivity contribution in [2.75, 3.05) is 26.7 Å². The van der Waals surface area contributed by atoms with E-state index < -0.39 is 11.7 Å². The van der Waals surface area contributed by atoms with Gasteiger partial charge in [0.2, 0.25) is 5.88 Å². The van der Waals surface area contributed by atoms with Crippen LogP contribution in [-0.2, 0) is 19.1 Å². The van der Waals surface area contributed by atoms with Gasteiger partial charge in [-0.1, -0.05) is 37.3 Å². The maximum Gasteiger partial charge on any atom is 0.416 e. The van der Waals surface area contributed by atoms with Crippen molar-refractivity contribution in [3.05, 3.63) is 78.2 Å². The summed E-state index contributed by atoms with van der Waals surface area (Å²) in [5.74, 6) is -0.166. The van der Waals surface area contributed by atoms with Crippen molar-refractivity contribution in [2.24, 2.45) is 10.2 Å². The second kappa shape index (κ2) is 10.9. The average Bonchev–Trinajstić information content (AvgIpc) is 3.46. The van der Waals surface area contributed by atoms with Crippen LogP contribution in [0.15, 0.2) is 51.4 Å². The van der Waals surface area contributed by atoms with Crippen LogP contribution in [0.3, 0.4) is 0 Å². The SMILES string of the molecule is CCN(CC)CCn1c(O)c(C(Cc2ccc(OC)cc2C(F)(F)F)=c2ccc3c(c2)C=NN=3)sc1=O. The molecule has 2 heterocycles. The first-order valence-electron chi connectivity index (χ1n) is 11.8. The Hall–Kier alpha value is -3.44. The normalized spacial score (nSPS) is 13.6. The van der Waals surface area contributed by atoms with Crippen molar-refractivity contribution in [1.82, 2.24) is 9.47 Å². The van der Waals surface area contributed by atoms with Crippen LogP contribution in [0.2, 0.25) is 0 Å². The zero-order valence-electron chi connectivity index (χ0n) is 20.7. The highest BCUT2D eigenvalue weighted by molar-refractivity contribution is 7.10. The number of ether oxygens (including phenoxy) is 1. The van der Waals surface area contributed by atoms with Crippen molar-refractivity contribution < 1.29 is 23.0 Å². The van der Waals surface area contributed by atoms with Gasteiger partial charge in [-0.25, -0.2) is 0 Å². The van der Waals surface area contributed by atoms with E-state index in [0.29, 0.717) is 28.3 Å². The lowest BCUT2D eigenvalue weighted by Gasteiger charge is -2.18. The van der Waals surface area contributed by atoms with Gasteiger partial charge in [0.15, 0.2) is 0 Å². The Bertz CT molecular complexity index is 1500. The van der Waals surface area contributed by atoms with E-state index >= 15 is 0 Å². The lowest BCUT2D eigenvalue weighted by atomic mass is 9.96. The van der Waals surface area contributed by atoms with Crippen molar-refractivity contribution in [1.29, 1.82) is 0 Å². The molecule has 0 unspecified atom stereocenters. The predicted octanol–water partition coefficient (Wildman–Crippen LogP) is 3.39. The third kappa shape index (κ3) is 5.62. The molecule has 196 valence electrons. The number of hydrogen-bond donors (Lipinski definition) is 1. The molecule has 3 aromatic rings. The second-order valence-electron chi connectivity index (χ2n) is 8.49. The lowest BCUT2D eigenvalue weighted by Crippen LogP contribution is -2.29. The summed E-state index contributed by atoms with van der Waals surface area (Å²) in [5, 5.41) is 20.2. The fourth-order valence-corrected chi connectivity index (χ4v) is 5.24. The van der Waals surface area contributed by atoms with Gasteiger partial charge in [-0.15, -0.1) is 0 Å². The molecule has 0 aliphatic carbocycles. The van der Waals surface area contributed by atoms with Crippen molar-refractivity contribution >= 4 is 23.1 Å². The number of likely N-dealkylation sites (N-methyl/N-ethyl adjacent to an activating group) is 1. The van der Waals surface area contributed by atoms with Gasteiger partial charge in [0, 0.05) is 25.1 Å². The first-order valence-corrected chi connectivity index (χ1v) is 12.6. The molecular formula is C26H27F3N4O3S. The first kappa shape index (κ1) is 26.6. The zero-order valence-corrected chi connectivity index (χ0v) is 21.5. The Balaban J connectivity index is 1.88. The number of nitrogens with zero attached hydrogens (tertiary/aromatic N) is 4. The lowest BCUT2D eigenvalue weighted by molar-refractivity contribution is -0.138. The number of fused-ring (bicyclic) bond motifs is 1. The first-order chi connectivity index (χ1) is 17.7. The number of hydrogen-bond acceptors (Lipinski definition) is 7. The van der Waals surface area contributed by atoms with Crippen molar-refractivity contribution in [2.45, 2.75) is 33.0 Å². The van der Waals surface area contributed by atoms with Crippen molar-refractivity contribution in [3.63, 3.8) is 0 Å². The van der Waals surface area contributed by atoms with Gasteiger partial charge >= 0.3 is 11.0 Å². The molecule has 0 atom stereocenters. The Kier molecular flexibility index (Phi) is 7.84. The molecule has 0 radical (unpaired) electrons. The van der Waals surface area contributed by atoms with Crippen LogP contribution in [-0.4, -0.2) is 47.5 Å². The minimum absolute atomic E-state index is 0.00269. The molecule has 0 saturated heterocycles. The zero-order chi connectivity index (χ0) is 26.7. The van der Waals surface area contributed by atoms with Crippen LogP contribution in [0.4, 0.5) is 13.2 Å². The van der Waals surface area contributed by atoms with E-state index in [1.54, 1.807) is 24.4 Å². The largest absolute Gasteiger partial charge is 0.497 e. The number of aromatic nitrogens is 1. The third-order valence-corrected chi connectivity index (χ3v) is 7.43. The molecule has 11 heteroatoms. The summed E-state index contributed by atoms with van der Waals surface area (Å²) in [6, 6.07) is 8.97. The summed E-state index contributed by atoms with van der Waals surface area (Å²) in [5.41, 5.74) is 0.264. The van der Waals surface area contributed by atoms with Gasteiger partial charge in [0.25, 0.3) is 0 Å². The molecule has 4 rings (SSSR count). The van der Waals surface area contributed by atoms with Gasteiger partial charge in [-0.2, -0.15) is 23.4 Å². The number of benzene rings is 2. The van der Waals surface area contributed by atoms with Crippen LogP contribution < -0.4 is 20.2 Å². The average molecular weight is 533 g/mol. The molecule has 2 aromatic carbocycles. The quantitative estimate of drug-likeness (QED) is 0.458. The van der Waals surface area contributed by atoms with E-state index in [0.717, 1.165) is 30.5 Å². The number of aromatic hydroxyl groups is 1. The topological polar surface area (TPSA) is 79.4 Å². The summed E-state index contributed by atoms with van der Waals surface area (Å²) in [7, 11) is 1.31. The molecule has 0 fully saturated rings. The number of halogens is 3. The molecule has 37 heavy (non-hydrogen) atoms. The smallest absolute Gasteiger partial charge is 0.416 e. The van der Waals surface area contributed by atoms with Crippen LogP contribution in [0, 0.1) is 0 Å².